The molecule has 0 atom stereocenters. The van der Waals surface area contributed by atoms with Crippen LogP contribution in [0.2, 0.25) is 0 Å². The molecule has 2 amide bonds. The molecule has 1 heterocycles. The van der Waals surface area contributed by atoms with Gasteiger partial charge < -0.3 is 14.2 Å². The van der Waals surface area contributed by atoms with Gasteiger partial charge in [0.15, 0.2) is 11.5 Å². The second-order valence-electron chi connectivity index (χ2n) is 8.53. The highest BCUT2D eigenvalue weighted by Crippen LogP contribution is 2.32. The molecule has 0 saturated carbocycles. The molecule has 36 heavy (non-hydrogen) atoms. The van der Waals surface area contributed by atoms with Gasteiger partial charge in [0.1, 0.15) is 17.4 Å². The number of methoxy groups -OCH3 is 2. The van der Waals surface area contributed by atoms with Gasteiger partial charge in [0.2, 0.25) is 0 Å². The molecular formula is C29H32N2O5. The first-order valence-corrected chi connectivity index (χ1v) is 12.1. The molecule has 1 aliphatic heterocycles. The summed E-state index contributed by atoms with van der Waals surface area (Å²) in [5.41, 5.74) is 2.04. The largest absolute Gasteiger partial charge is 0.497 e. The van der Waals surface area contributed by atoms with E-state index in [4.69, 9.17) is 14.2 Å². The lowest BCUT2D eigenvalue weighted by Crippen LogP contribution is -2.42. The lowest BCUT2D eigenvalue weighted by molar-refractivity contribution is -0.141. The van der Waals surface area contributed by atoms with Crippen LogP contribution in [-0.2, 0) is 16.1 Å². The number of unbranched alkanes of at least 4 members (excludes halogenated alkanes) is 3. The highest BCUT2D eigenvalue weighted by atomic mass is 16.5. The van der Waals surface area contributed by atoms with Crippen molar-refractivity contribution in [3.8, 4) is 23.3 Å². The van der Waals surface area contributed by atoms with Gasteiger partial charge in [-0.05, 0) is 60.4 Å². The number of rotatable bonds is 11. The van der Waals surface area contributed by atoms with E-state index >= 15 is 0 Å². The fourth-order valence-electron chi connectivity index (χ4n) is 3.96. The SMILES string of the molecule is CCCCCCOc1ccc(/C=C2/C(=O)N(Cc3ccc(OC)cc3)C(=O)C(C#N)=C2C)cc1OC. The number of carbonyl (C=O) groups is 2. The van der Waals surface area contributed by atoms with Crippen molar-refractivity contribution in [1.82, 2.24) is 4.90 Å². The molecule has 0 aromatic heterocycles. The quantitative estimate of drug-likeness (QED) is 0.237. The van der Waals surface area contributed by atoms with Gasteiger partial charge in [-0.3, -0.25) is 14.5 Å². The molecule has 2 aromatic rings. The zero-order valence-electron chi connectivity index (χ0n) is 21.3. The second kappa shape index (κ2) is 12.6. The Kier molecular flexibility index (Phi) is 9.29. The second-order valence-corrected chi connectivity index (χ2v) is 8.53. The summed E-state index contributed by atoms with van der Waals surface area (Å²) in [5.74, 6) is 0.801. The fraction of sp³-hybridized carbons (Fsp3) is 0.345. The molecule has 7 heteroatoms. The fourth-order valence-corrected chi connectivity index (χ4v) is 3.96. The molecule has 188 valence electrons. The summed E-state index contributed by atoms with van der Waals surface area (Å²) in [6.07, 6.45) is 6.10. The average molecular weight is 489 g/mol. The number of hydrogen-bond acceptors (Lipinski definition) is 6. The van der Waals surface area contributed by atoms with E-state index in [-0.39, 0.29) is 17.7 Å². The Morgan fingerprint density at radius 3 is 2.33 bits per heavy atom. The molecule has 7 nitrogen and oxygen atoms in total. The van der Waals surface area contributed by atoms with Gasteiger partial charge in [0.05, 0.1) is 27.4 Å². The van der Waals surface area contributed by atoms with E-state index in [1.165, 1.54) is 6.42 Å². The van der Waals surface area contributed by atoms with Crippen LogP contribution >= 0.6 is 0 Å². The van der Waals surface area contributed by atoms with Crippen LogP contribution in [0.1, 0.15) is 50.7 Å². The van der Waals surface area contributed by atoms with Crippen LogP contribution in [0, 0.1) is 11.3 Å². The van der Waals surface area contributed by atoms with Crippen molar-refractivity contribution < 1.29 is 23.8 Å². The normalized spacial score (nSPS) is 14.8. The van der Waals surface area contributed by atoms with E-state index in [2.05, 4.69) is 6.92 Å². The number of benzene rings is 2. The van der Waals surface area contributed by atoms with Gasteiger partial charge in [0.25, 0.3) is 11.8 Å². The summed E-state index contributed by atoms with van der Waals surface area (Å²) < 4.78 is 16.6. The summed E-state index contributed by atoms with van der Waals surface area (Å²) >= 11 is 0. The van der Waals surface area contributed by atoms with E-state index in [9.17, 15) is 14.9 Å². The lowest BCUT2D eigenvalue weighted by Gasteiger charge is -2.27. The molecule has 0 aliphatic carbocycles. The van der Waals surface area contributed by atoms with Crippen LogP contribution in [0.25, 0.3) is 6.08 Å². The minimum atomic E-state index is -0.600. The van der Waals surface area contributed by atoms with Crippen molar-refractivity contribution in [2.45, 2.75) is 46.1 Å². The average Bonchev–Trinajstić information content (AvgIpc) is 2.90. The molecule has 0 bridgehead atoms. The molecule has 0 radical (unpaired) electrons. The van der Waals surface area contributed by atoms with Crippen molar-refractivity contribution in [3.05, 3.63) is 70.3 Å². The van der Waals surface area contributed by atoms with E-state index < -0.39 is 11.8 Å². The van der Waals surface area contributed by atoms with Crippen LogP contribution in [0.3, 0.4) is 0 Å². The first-order chi connectivity index (χ1) is 17.4. The minimum Gasteiger partial charge on any atom is -0.497 e. The molecule has 0 fully saturated rings. The maximum atomic E-state index is 13.4. The summed E-state index contributed by atoms with van der Waals surface area (Å²) in [5, 5.41) is 9.66. The summed E-state index contributed by atoms with van der Waals surface area (Å²) in [6, 6.07) is 14.5. The Labute approximate surface area is 212 Å². The molecule has 2 aromatic carbocycles. The van der Waals surface area contributed by atoms with Gasteiger partial charge in [-0.15, -0.1) is 0 Å². The van der Waals surface area contributed by atoms with Crippen LogP contribution in [0.4, 0.5) is 0 Å². The van der Waals surface area contributed by atoms with Crippen molar-refractivity contribution >= 4 is 17.9 Å². The Bertz CT molecular complexity index is 1210. The van der Waals surface area contributed by atoms with Gasteiger partial charge >= 0.3 is 0 Å². The minimum absolute atomic E-state index is 0.0472. The molecule has 0 N–H and O–H groups in total. The zero-order valence-corrected chi connectivity index (χ0v) is 21.3. The van der Waals surface area contributed by atoms with Crippen molar-refractivity contribution in [3.63, 3.8) is 0 Å². The molecule has 0 saturated heterocycles. The van der Waals surface area contributed by atoms with Crippen LogP contribution in [-0.4, -0.2) is 37.5 Å². The van der Waals surface area contributed by atoms with E-state index in [0.29, 0.717) is 35.0 Å². The maximum absolute atomic E-state index is 13.4. The first kappa shape index (κ1) is 26.6. The van der Waals surface area contributed by atoms with Gasteiger partial charge in [0, 0.05) is 5.57 Å². The standard InChI is InChI=1S/C29H32N2O5/c1-5-6-7-8-15-36-26-14-11-22(17-27(26)35-4)16-24-20(2)25(18-30)29(33)31(28(24)32)19-21-9-12-23(34-3)13-10-21/h9-14,16-17H,5-8,15,19H2,1-4H3/b24-16+. The summed E-state index contributed by atoms with van der Waals surface area (Å²) in [6.45, 7) is 4.44. The zero-order chi connectivity index (χ0) is 26.1. The topological polar surface area (TPSA) is 88.9 Å². The smallest absolute Gasteiger partial charge is 0.271 e. The Hall–Kier alpha value is -4.05. The van der Waals surface area contributed by atoms with Crippen molar-refractivity contribution in [1.29, 1.82) is 5.26 Å². The van der Waals surface area contributed by atoms with Crippen LogP contribution in [0.5, 0.6) is 17.2 Å². The predicted molar refractivity (Wildman–Crippen MR) is 137 cm³/mol. The number of nitriles is 1. The number of hydrogen-bond donors (Lipinski definition) is 0. The van der Waals surface area contributed by atoms with Crippen molar-refractivity contribution in [2.24, 2.45) is 0 Å². The maximum Gasteiger partial charge on any atom is 0.271 e. The Balaban J connectivity index is 1.88. The predicted octanol–water partition coefficient (Wildman–Crippen LogP) is 5.46. The van der Waals surface area contributed by atoms with Crippen LogP contribution < -0.4 is 14.2 Å². The first-order valence-electron chi connectivity index (χ1n) is 12.1. The van der Waals surface area contributed by atoms with Gasteiger partial charge in [-0.1, -0.05) is 44.4 Å². The number of carbonyl (C=O) groups excluding carboxylic acids is 2. The third-order valence-corrected chi connectivity index (χ3v) is 6.08. The number of amides is 2. The highest BCUT2D eigenvalue weighted by molar-refractivity contribution is 6.19. The van der Waals surface area contributed by atoms with E-state index in [1.807, 2.05) is 18.2 Å². The third-order valence-electron chi connectivity index (χ3n) is 6.08. The van der Waals surface area contributed by atoms with Gasteiger partial charge in [-0.25, -0.2) is 0 Å². The summed E-state index contributed by atoms with van der Waals surface area (Å²) in [4.78, 5) is 27.5. The highest BCUT2D eigenvalue weighted by Gasteiger charge is 2.35. The van der Waals surface area contributed by atoms with Crippen molar-refractivity contribution in [2.75, 3.05) is 20.8 Å². The lowest BCUT2D eigenvalue weighted by atomic mass is 9.93. The van der Waals surface area contributed by atoms with Crippen LogP contribution in [0.15, 0.2) is 59.2 Å². The molecular weight excluding hydrogens is 456 g/mol. The third kappa shape index (κ3) is 6.14. The summed E-state index contributed by atoms with van der Waals surface area (Å²) in [7, 11) is 3.13. The molecule has 0 spiro atoms. The number of ether oxygens (including phenoxy) is 3. The Morgan fingerprint density at radius 2 is 1.69 bits per heavy atom. The van der Waals surface area contributed by atoms with Gasteiger partial charge in [-0.2, -0.15) is 5.26 Å². The Morgan fingerprint density at radius 1 is 0.944 bits per heavy atom. The van der Waals surface area contributed by atoms with E-state index in [1.54, 1.807) is 57.6 Å². The monoisotopic (exact) mass is 488 g/mol. The molecule has 0 unspecified atom stereocenters. The van der Waals surface area contributed by atoms with E-state index in [0.717, 1.165) is 29.7 Å². The number of imide groups is 1. The molecule has 1 aliphatic rings. The molecule has 3 rings (SSSR count). The number of nitrogens with zero attached hydrogens (tertiary/aromatic N) is 2.